The molecule has 1 unspecified atom stereocenters. The Morgan fingerprint density at radius 3 is 2.00 bits per heavy atom. The Hall–Kier alpha value is -2.93. The minimum atomic E-state index is -0.288. The van der Waals surface area contributed by atoms with Gasteiger partial charge in [-0.25, -0.2) is 4.99 Å². The van der Waals surface area contributed by atoms with Gasteiger partial charge in [-0.2, -0.15) is 0 Å². The molecule has 0 aliphatic carbocycles. The Labute approximate surface area is 245 Å². The Morgan fingerprint density at radius 2 is 1.41 bits per heavy atom. The Balaban J connectivity index is 1.59. The highest BCUT2D eigenvalue weighted by molar-refractivity contribution is 7.07. The molecule has 2 aliphatic rings. The van der Waals surface area contributed by atoms with Crippen molar-refractivity contribution >= 4 is 58.3 Å². The maximum absolute atomic E-state index is 13.9. The van der Waals surface area contributed by atoms with Crippen LogP contribution in [0.25, 0.3) is 12.2 Å². The average Bonchev–Trinajstić information content (AvgIpc) is 3.25. The molecule has 0 saturated carbocycles. The van der Waals surface area contributed by atoms with Gasteiger partial charge in [-0.05, 0) is 82.9 Å². The number of hydrogen-bond acceptors (Lipinski definition) is 4. The molecule has 3 heterocycles. The predicted molar refractivity (Wildman–Crippen MR) is 163 cm³/mol. The van der Waals surface area contributed by atoms with Crippen LogP contribution in [0.4, 0.5) is 0 Å². The molecule has 0 bridgehead atoms. The van der Waals surface area contributed by atoms with E-state index in [4.69, 9.17) is 39.8 Å². The molecule has 0 spiro atoms. The van der Waals surface area contributed by atoms with Crippen molar-refractivity contribution < 1.29 is 0 Å². The second kappa shape index (κ2) is 10.9. The summed E-state index contributed by atoms with van der Waals surface area (Å²) in [7, 11) is 0. The summed E-state index contributed by atoms with van der Waals surface area (Å²) in [5, 5.41) is 2.02. The van der Waals surface area contributed by atoms with Gasteiger partial charge in [0.05, 0.1) is 16.3 Å². The van der Waals surface area contributed by atoms with E-state index in [0.29, 0.717) is 24.4 Å². The number of hydrogen-bond donors (Lipinski definition) is 0. The summed E-state index contributed by atoms with van der Waals surface area (Å²) in [5.74, 6) is 0. The monoisotopic (exact) mass is 591 g/mol. The van der Waals surface area contributed by atoms with E-state index in [9.17, 15) is 4.79 Å². The lowest BCUT2D eigenvalue weighted by atomic mass is 9.89. The van der Waals surface area contributed by atoms with Gasteiger partial charge < -0.3 is 0 Å². The topological polar surface area (TPSA) is 37.6 Å². The molecule has 0 fully saturated rings. The second-order valence-corrected chi connectivity index (χ2v) is 11.9. The zero-order valence-corrected chi connectivity index (χ0v) is 24.2. The van der Waals surface area contributed by atoms with Gasteiger partial charge in [-0.3, -0.25) is 14.3 Å². The van der Waals surface area contributed by atoms with Crippen LogP contribution in [-0.2, 0) is 0 Å². The molecule has 0 saturated heterocycles. The van der Waals surface area contributed by atoms with Crippen LogP contribution in [0.15, 0.2) is 99.4 Å². The van der Waals surface area contributed by atoms with E-state index in [1.807, 2.05) is 83.4 Å². The number of likely N-dealkylation sites (N-methyl/N-ethyl adjacent to an activating group) is 1. The molecule has 4 nitrogen and oxygen atoms in total. The first-order chi connectivity index (χ1) is 18.9. The third kappa shape index (κ3) is 5.30. The summed E-state index contributed by atoms with van der Waals surface area (Å²) in [4.78, 5) is 22.1. The number of rotatable bonds is 4. The van der Waals surface area contributed by atoms with Crippen molar-refractivity contribution in [1.82, 2.24) is 9.47 Å². The molecular weight excluding hydrogens is 569 g/mol. The van der Waals surface area contributed by atoms with E-state index < -0.39 is 0 Å². The number of halogens is 3. The molecule has 39 heavy (non-hydrogen) atoms. The normalized spacial score (nSPS) is 18.7. The number of benzene rings is 3. The Kier molecular flexibility index (Phi) is 7.36. The summed E-state index contributed by atoms with van der Waals surface area (Å²) in [6, 6.07) is 22.8. The molecule has 0 radical (unpaired) electrons. The van der Waals surface area contributed by atoms with Crippen LogP contribution in [0.1, 0.15) is 29.7 Å². The first-order valence-electron chi connectivity index (χ1n) is 12.6. The van der Waals surface area contributed by atoms with Gasteiger partial charge in [0.2, 0.25) is 0 Å². The van der Waals surface area contributed by atoms with Gasteiger partial charge in [-0.1, -0.05) is 89.5 Å². The first-order valence-corrected chi connectivity index (χ1v) is 14.6. The fraction of sp³-hybridized carbons (Fsp3) is 0.161. The number of aromatic nitrogens is 1. The standard InChI is InChI=1S/C31H24Cl3N3OS/c1-2-36-17-22(15-19-3-9-23(32)10-4-19)28-26(18-36)29(21-7-13-25(34)14-8-21)37-30(38)27(39-31(37)35-28)16-20-5-11-24(33)12-6-20/h3-16,29H,2,17-18H2,1H3/b22-15+,27-16-. The maximum Gasteiger partial charge on any atom is 0.271 e. The van der Waals surface area contributed by atoms with Crippen LogP contribution in [0.5, 0.6) is 0 Å². The van der Waals surface area contributed by atoms with Crippen LogP contribution in [0, 0.1) is 0 Å². The van der Waals surface area contributed by atoms with Crippen molar-refractivity contribution in [3.05, 3.63) is 141 Å². The lowest BCUT2D eigenvalue weighted by Crippen LogP contribution is -2.43. The van der Waals surface area contributed by atoms with Crippen LogP contribution in [-0.4, -0.2) is 29.1 Å². The van der Waals surface area contributed by atoms with Crippen molar-refractivity contribution in [3.8, 4) is 0 Å². The minimum absolute atomic E-state index is 0.0583. The predicted octanol–water partition coefficient (Wildman–Crippen LogP) is 6.59. The van der Waals surface area contributed by atoms with Crippen LogP contribution < -0.4 is 14.9 Å². The van der Waals surface area contributed by atoms with Gasteiger partial charge in [0, 0.05) is 28.2 Å². The number of fused-ring (bicyclic) bond motifs is 1. The van der Waals surface area contributed by atoms with Crippen molar-refractivity contribution in [3.63, 3.8) is 0 Å². The SMILES string of the molecule is CCN1CC2=C(N=c3s/c(=C\c4ccc(Cl)cc4)c(=O)n3C2c2ccc(Cl)cc2)/C(=C/c2ccc(Cl)cc2)C1. The zero-order valence-electron chi connectivity index (χ0n) is 21.1. The molecule has 4 aromatic rings. The maximum atomic E-state index is 13.9. The summed E-state index contributed by atoms with van der Waals surface area (Å²) >= 11 is 19.9. The van der Waals surface area contributed by atoms with Crippen LogP contribution >= 0.6 is 46.1 Å². The van der Waals surface area contributed by atoms with Crippen molar-refractivity contribution in [2.24, 2.45) is 4.99 Å². The highest BCUT2D eigenvalue weighted by atomic mass is 35.5. The van der Waals surface area contributed by atoms with E-state index in [1.54, 1.807) is 0 Å². The highest BCUT2D eigenvalue weighted by Gasteiger charge is 2.34. The van der Waals surface area contributed by atoms with E-state index in [1.165, 1.54) is 11.3 Å². The van der Waals surface area contributed by atoms with Gasteiger partial charge >= 0.3 is 0 Å². The molecule has 2 aliphatic heterocycles. The van der Waals surface area contributed by atoms with Gasteiger partial charge in [-0.15, -0.1) is 0 Å². The summed E-state index contributed by atoms with van der Waals surface area (Å²) < 4.78 is 2.47. The van der Waals surface area contributed by atoms with Gasteiger partial charge in [0.25, 0.3) is 5.56 Å². The molecule has 8 heteroatoms. The molecule has 0 N–H and O–H groups in total. The fourth-order valence-corrected chi connectivity index (χ4v) is 6.48. The largest absolute Gasteiger partial charge is 0.295 e. The smallest absolute Gasteiger partial charge is 0.271 e. The molecule has 196 valence electrons. The van der Waals surface area contributed by atoms with Gasteiger partial charge in [0.1, 0.15) is 0 Å². The third-order valence-electron chi connectivity index (χ3n) is 7.04. The lowest BCUT2D eigenvalue weighted by Gasteiger charge is -2.36. The highest BCUT2D eigenvalue weighted by Crippen LogP contribution is 2.37. The van der Waals surface area contributed by atoms with Crippen molar-refractivity contribution in [2.45, 2.75) is 13.0 Å². The number of thiazole rings is 1. The molecule has 0 amide bonds. The second-order valence-electron chi connectivity index (χ2n) is 9.58. The van der Waals surface area contributed by atoms with Crippen molar-refractivity contribution in [1.29, 1.82) is 0 Å². The van der Waals surface area contributed by atoms with E-state index in [-0.39, 0.29) is 11.6 Å². The third-order valence-corrected chi connectivity index (χ3v) is 8.78. The summed E-state index contributed by atoms with van der Waals surface area (Å²) in [6.45, 7) is 4.53. The molecular formula is C31H24Cl3N3OS. The lowest BCUT2D eigenvalue weighted by molar-refractivity contribution is 0.314. The van der Waals surface area contributed by atoms with E-state index in [0.717, 1.165) is 53.2 Å². The number of nitrogens with zero attached hydrogens (tertiary/aromatic N) is 3. The van der Waals surface area contributed by atoms with Gasteiger partial charge in [0.15, 0.2) is 4.80 Å². The van der Waals surface area contributed by atoms with Crippen molar-refractivity contribution in [2.75, 3.05) is 19.6 Å². The summed E-state index contributed by atoms with van der Waals surface area (Å²) in [6.07, 6.45) is 4.09. The first kappa shape index (κ1) is 26.3. The Bertz CT molecular complexity index is 1780. The van der Waals surface area contributed by atoms with Crippen LogP contribution in [0.3, 0.4) is 0 Å². The summed E-state index contributed by atoms with van der Waals surface area (Å²) in [5.41, 5.74) is 6.10. The minimum Gasteiger partial charge on any atom is -0.295 e. The molecule has 1 aromatic heterocycles. The van der Waals surface area contributed by atoms with Crippen LogP contribution in [0.2, 0.25) is 15.1 Å². The molecule has 3 aromatic carbocycles. The Morgan fingerprint density at radius 1 is 0.846 bits per heavy atom. The molecule has 6 rings (SSSR count). The average molecular weight is 593 g/mol. The quantitative estimate of drug-likeness (QED) is 0.268. The zero-order chi connectivity index (χ0) is 27.1. The molecule has 1 atom stereocenters. The van der Waals surface area contributed by atoms with E-state index >= 15 is 0 Å². The van der Waals surface area contributed by atoms with E-state index in [2.05, 4.69) is 17.9 Å². The fourth-order valence-electron chi connectivity index (χ4n) is 5.10.